The van der Waals surface area contributed by atoms with Crippen LogP contribution in [0.15, 0.2) is 18.2 Å². The fourth-order valence-electron chi connectivity index (χ4n) is 2.42. The Kier molecular flexibility index (Phi) is 4.30. The molecule has 5 heteroatoms. The number of alkyl halides is 1. The van der Waals surface area contributed by atoms with Crippen molar-refractivity contribution in [2.75, 3.05) is 13.1 Å². The van der Waals surface area contributed by atoms with Crippen molar-refractivity contribution in [2.24, 2.45) is 5.92 Å². The molecule has 1 aromatic rings. The van der Waals surface area contributed by atoms with E-state index in [-0.39, 0.29) is 22.6 Å². The van der Waals surface area contributed by atoms with Crippen LogP contribution in [-0.4, -0.2) is 34.4 Å². The fourth-order valence-corrected chi connectivity index (χ4v) is 2.67. The third-order valence-corrected chi connectivity index (χ3v) is 4.02. The van der Waals surface area contributed by atoms with Crippen molar-refractivity contribution in [1.82, 2.24) is 4.90 Å². The van der Waals surface area contributed by atoms with Crippen molar-refractivity contribution in [1.29, 1.82) is 0 Å². The minimum absolute atomic E-state index is 0.108. The third kappa shape index (κ3) is 3.18. The molecule has 2 rings (SSSR count). The number of likely N-dealkylation sites (tertiary alicyclic amines) is 1. The van der Waals surface area contributed by atoms with Crippen molar-refractivity contribution in [2.45, 2.75) is 25.1 Å². The van der Waals surface area contributed by atoms with Crippen LogP contribution in [0.25, 0.3) is 0 Å². The predicted molar refractivity (Wildman–Crippen MR) is 72.0 cm³/mol. The SMILES string of the molecule is CC(Cl)C1CCN(C(=O)c2ccc(F)cc2O)CC1. The van der Waals surface area contributed by atoms with Crippen LogP contribution in [0.4, 0.5) is 4.39 Å². The summed E-state index contributed by atoms with van der Waals surface area (Å²) in [5.74, 6) is -0.688. The summed E-state index contributed by atoms with van der Waals surface area (Å²) < 4.78 is 12.9. The molecule has 0 bridgehead atoms. The van der Waals surface area contributed by atoms with Gasteiger partial charge < -0.3 is 10.0 Å². The first kappa shape index (κ1) is 14.1. The van der Waals surface area contributed by atoms with Gasteiger partial charge in [-0.25, -0.2) is 4.39 Å². The Morgan fingerprint density at radius 3 is 2.63 bits per heavy atom. The first-order chi connectivity index (χ1) is 8.99. The van der Waals surface area contributed by atoms with Crippen LogP contribution in [0.2, 0.25) is 0 Å². The second-order valence-electron chi connectivity index (χ2n) is 4.97. The molecule has 1 N–H and O–H groups in total. The van der Waals surface area contributed by atoms with Crippen LogP contribution < -0.4 is 0 Å². The van der Waals surface area contributed by atoms with E-state index >= 15 is 0 Å². The van der Waals surface area contributed by atoms with Crippen LogP contribution in [0.3, 0.4) is 0 Å². The Labute approximate surface area is 117 Å². The standard InChI is InChI=1S/C14H17ClFNO2/c1-9(15)10-4-6-17(7-5-10)14(19)12-3-2-11(16)8-13(12)18/h2-3,8-10,18H,4-7H2,1H3. The van der Waals surface area contributed by atoms with Gasteiger partial charge in [-0.05, 0) is 37.8 Å². The highest BCUT2D eigenvalue weighted by Crippen LogP contribution is 2.26. The molecule has 19 heavy (non-hydrogen) atoms. The Morgan fingerprint density at radius 2 is 2.11 bits per heavy atom. The second-order valence-corrected chi connectivity index (χ2v) is 5.66. The average molecular weight is 286 g/mol. The number of phenols is 1. The predicted octanol–water partition coefficient (Wildman–Crippen LogP) is 3.01. The van der Waals surface area contributed by atoms with Crippen molar-refractivity contribution in [3.8, 4) is 5.75 Å². The lowest BCUT2D eigenvalue weighted by molar-refractivity contribution is 0.0687. The highest BCUT2D eigenvalue weighted by molar-refractivity contribution is 6.20. The van der Waals surface area contributed by atoms with Gasteiger partial charge >= 0.3 is 0 Å². The number of aromatic hydroxyl groups is 1. The molecule has 1 aromatic carbocycles. The third-order valence-electron chi connectivity index (χ3n) is 3.67. The number of hydrogen-bond acceptors (Lipinski definition) is 2. The van der Waals surface area contributed by atoms with Gasteiger partial charge in [0.1, 0.15) is 11.6 Å². The zero-order valence-corrected chi connectivity index (χ0v) is 11.5. The average Bonchev–Trinajstić information content (AvgIpc) is 2.38. The largest absolute Gasteiger partial charge is 0.507 e. The lowest BCUT2D eigenvalue weighted by atomic mass is 9.93. The molecule has 3 nitrogen and oxygen atoms in total. The summed E-state index contributed by atoms with van der Waals surface area (Å²) in [5.41, 5.74) is 0.152. The fraction of sp³-hybridized carbons (Fsp3) is 0.500. The molecule has 1 aliphatic rings. The summed E-state index contributed by atoms with van der Waals surface area (Å²) in [6, 6.07) is 3.46. The van der Waals surface area contributed by atoms with Crippen molar-refractivity contribution in [3.05, 3.63) is 29.6 Å². The molecule has 1 fully saturated rings. The van der Waals surface area contributed by atoms with Crippen LogP contribution in [0, 0.1) is 11.7 Å². The zero-order valence-electron chi connectivity index (χ0n) is 10.8. The lowest BCUT2D eigenvalue weighted by Crippen LogP contribution is -2.40. The molecule has 0 aliphatic carbocycles. The van der Waals surface area contributed by atoms with Gasteiger partial charge in [0.25, 0.3) is 5.91 Å². The molecule has 1 heterocycles. The molecular weight excluding hydrogens is 269 g/mol. The minimum Gasteiger partial charge on any atom is -0.507 e. The van der Waals surface area contributed by atoms with Crippen LogP contribution >= 0.6 is 11.6 Å². The molecule has 1 aliphatic heterocycles. The van der Waals surface area contributed by atoms with Crippen molar-refractivity contribution < 1.29 is 14.3 Å². The normalized spacial score (nSPS) is 18.4. The van der Waals surface area contributed by atoms with E-state index in [0.29, 0.717) is 19.0 Å². The number of carbonyl (C=O) groups is 1. The van der Waals surface area contributed by atoms with Crippen LogP contribution in [0.1, 0.15) is 30.1 Å². The molecule has 104 valence electrons. The quantitative estimate of drug-likeness (QED) is 0.849. The Hall–Kier alpha value is -1.29. The number of benzene rings is 1. The Bertz CT molecular complexity index is 471. The van der Waals surface area contributed by atoms with E-state index in [1.165, 1.54) is 12.1 Å². The number of rotatable bonds is 2. The molecule has 1 amide bonds. The van der Waals surface area contributed by atoms with Gasteiger partial charge in [-0.1, -0.05) is 0 Å². The van der Waals surface area contributed by atoms with Gasteiger partial charge in [-0.15, -0.1) is 11.6 Å². The summed E-state index contributed by atoms with van der Waals surface area (Å²) in [5, 5.41) is 9.73. The lowest BCUT2D eigenvalue weighted by Gasteiger charge is -2.33. The molecule has 0 saturated carbocycles. The van der Waals surface area contributed by atoms with E-state index in [9.17, 15) is 14.3 Å². The highest BCUT2D eigenvalue weighted by Gasteiger charge is 2.27. The summed E-state index contributed by atoms with van der Waals surface area (Å²) in [4.78, 5) is 13.9. The van der Waals surface area contributed by atoms with Gasteiger partial charge in [0.05, 0.1) is 5.56 Å². The number of hydrogen-bond donors (Lipinski definition) is 1. The maximum absolute atomic E-state index is 12.9. The summed E-state index contributed by atoms with van der Waals surface area (Å²) in [7, 11) is 0. The molecule has 0 spiro atoms. The number of amides is 1. The molecule has 1 atom stereocenters. The van der Waals surface area contributed by atoms with E-state index in [4.69, 9.17) is 11.6 Å². The zero-order chi connectivity index (χ0) is 14.0. The van der Waals surface area contributed by atoms with Gasteiger partial charge in [0.2, 0.25) is 0 Å². The van der Waals surface area contributed by atoms with Gasteiger partial charge in [-0.3, -0.25) is 4.79 Å². The van der Waals surface area contributed by atoms with Gasteiger partial charge in [0.15, 0.2) is 0 Å². The van der Waals surface area contributed by atoms with E-state index in [1.807, 2.05) is 6.92 Å². The number of phenolic OH excluding ortho intramolecular Hbond substituents is 1. The smallest absolute Gasteiger partial charge is 0.257 e. The topological polar surface area (TPSA) is 40.5 Å². The maximum Gasteiger partial charge on any atom is 0.257 e. The molecule has 1 saturated heterocycles. The van der Waals surface area contributed by atoms with E-state index < -0.39 is 5.82 Å². The van der Waals surface area contributed by atoms with Crippen LogP contribution in [0.5, 0.6) is 5.75 Å². The van der Waals surface area contributed by atoms with Crippen molar-refractivity contribution >= 4 is 17.5 Å². The molecule has 0 aromatic heterocycles. The number of carbonyl (C=O) groups excluding carboxylic acids is 1. The monoisotopic (exact) mass is 285 g/mol. The molecule has 1 unspecified atom stereocenters. The molecular formula is C14H17ClFNO2. The maximum atomic E-state index is 12.9. The number of nitrogens with zero attached hydrogens (tertiary/aromatic N) is 1. The second kappa shape index (κ2) is 5.78. The van der Waals surface area contributed by atoms with Gasteiger partial charge in [0, 0.05) is 24.5 Å². The van der Waals surface area contributed by atoms with Gasteiger partial charge in [-0.2, -0.15) is 0 Å². The Balaban J connectivity index is 2.05. The van der Waals surface area contributed by atoms with Crippen molar-refractivity contribution in [3.63, 3.8) is 0 Å². The number of halogens is 2. The first-order valence-electron chi connectivity index (χ1n) is 6.41. The van der Waals surface area contributed by atoms with Crippen LogP contribution in [-0.2, 0) is 0 Å². The summed E-state index contributed by atoms with van der Waals surface area (Å²) >= 11 is 6.06. The van der Waals surface area contributed by atoms with E-state index in [1.54, 1.807) is 4.90 Å². The summed E-state index contributed by atoms with van der Waals surface area (Å²) in [6.45, 7) is 3.21. The molecule has 0 radical (unpaired) electrons. The summed E-state index contributed by atoms with van der Waals surface area (Å²) in [6.07, 6.45) is 1.72. The first-order valence-corrected chi connectivity index (χ1v) is 6.84. The Morgan fingerprint density at radius 1 is 1.47 bits per heavy atom. The minimum atomic E-state index is -0.552. The van der Waals surface area contributed by atoms with E-state index in [0.717, 1.165) is 18.9 Å². The highest BCUT2D eigenvalue weighted by atomic mass is 35.5. The van der Waals surface area contributed by atoms with E-state index in [2.05, 4.69) is 0 Å². The number of piperidine rings is 1.